The number of piperidine rings is 1. The summed E-state index contributed by atoms with van der Waals surface area (Å²) in [7, 11) is 0. The molecular formula is C18H19FN2O2S. The van der Waals surface area contributed by atoms with Gasteiger partial charge in [0, 0.05) is 29.9 Å². The van der Waals surface area contributed by atoms with Crippen LogP contribution in [0.3, 0.4) is 0 Å². The Hall–Kier alpha value is -1.66. The highest BCUT2D eigenvalue weighted by Crippen LogP contribution is 2.38. The minimum Gasteiger partial charge on any atom is -0.352 e. The Kier molecular flexibility index (Phi) is 4.18. The summed E-state index contributed by atoms with van der Waals surface area (Å²) in [6, 6.07) is 6.06. The number of nitrogens with zero attached hydrogens (tertiary/aromatic N) is 1. The van der Waals surface area contributed by atoms with Crippen LogP contribution in [0.2, 0.25) is 0 Å². The number of amides is 1. The molecule has 0 aromatic heterocycles. The second-order valence-corrected chi connectivity index (χ2v) is 7.82. The van der Waals surface area contributed by atoms with E-state index >= 15 is 0 Å². The minimum atomic E-state index is -0.644. The summed E-state index contributed by atoms with van der Waals surface area (Å²) in [6.45, 7) is 1.22. The van der Waals surface area contributed by atoms with Crippen LogP contribution in [0.5, 0.6) is 0 Å². The van der Waals surface area contributed by atoms with Crippen LogP contribution in [0, 0.1) is 5.82 Å². The van der Waals surface area contributed by atoms with Crippen LogP contribution in [0.25, 0.3) is 0 Å². The van der Waals surface area contributed by atoms with Crippen molar-refractivity contribution in [3.05, 3.63) is 47.3 Å². The predicted molar refractivity (Wildman–Crippen MR) is 91.0 cm³/mol. The SMILES string of the molecule is O=C1C=C2CN(C(C(=O)NC3CC3)c3ccccc3F)CCC2S1. The van der Waals surface area contributed by atoms with Gasteiger partial charge in [0.05, 0.1) is 0 Å². The Labute approximate surface area is 144 Å². The van der Waals surface area contributed by atoms with Crippen LogP contribution in [0.4, 0.5) is 4.39 Å². The zero-order valence-corrected chi connectivity index (χ0v) is 14.0. The molecule has 1 aromatic rings. The number of benzene rings is 1. The van der Waals surface area contributed by atoms with Gasteiger partial charge in [0.1, 0.15) is 11.9 Å². The normalized spacial score (nSPS) is 25.1. The van der Waals surface area contributed by atoms with E-state index < -0.39 is 6.04 Å². The second kappa shape index (κ2) is 6.33. The van der Waals surface area contributed by atoms with E-state index in [2.05, 4.69) is 5.32 Å². The zero-order valence-electron chi connectivity index (χ0n) is 13.2. The van der Waals surface area contributed by atoms with Crippen molar-refractivity contribution in [2.24, 2.45) is 0 Å². The average Bonchev–Trinajstić information content (AvgIpc) is 3.28. The fourth-order valence-corrected chi connectivity index (χ4v) is 4.43. The lowest BCUT2D eigenvalue weighted by Gasteiger charge is -2.36. The number of halogens is 1. The molecule has 2 fully saturated rings. The molecule has 1 aliphatic carbocycles. The molecule has 4 rings (SSSR count). The number of nitrogens with one attached hydrogen (secondary N) is 1. The highest BCUT2D eigenvalue weighted by molar-refractivity contribution is 8.15. The quantitative estimate of drug-likeness (QED) is 0.910. The van der Waals surface area contributed by atoms with Gasteiger partial charge in [-0.25, -0.2) is 4.39 Å². The van der Waals surface area contributed by atoms with Crippen molar-refractivity contribution in [1.82, 2.24) is 10.2 Å². The molecule has 1 N–H and O–H groups in total. The number of rotatable bonds is 4. The molecule has 1 saturated heterocycles. The third-order valence-corrected chi connectivity index (χ3v) is 5.95. The lowest BCUT2D eigenvalue weighted by atomic mass is 9.97. The number of likely N-dealkylation sites (tertiary alicyclic amines) is 1. The molecule has 2 heterocycles. The highest BCUT2D eigenvalue weighted by Gasteiger charge is 2.38. The van der Waals surface area contributed by atoms with Crippen LogP contribution in [-0.2, 0) is 9.59 Å². The van der Waals surface area contributed by atoms with E-state index in [1.165, 1.54) is 17.8 Å². The van der Waals surface area contributed by atoms with Crippen LogP contribution < -0.4 is 5.32 Å². The lowest BCUT2D eigenvalue weighted by molar-refractivity contribution is -0.127. The fourth-order valence-electron chi connectivity index (χ4n) is 3.41. The van der Waals surface area contributed by atoms with Crippen molar-refractivity contribution in [2.45, 2.75) is 36.6 Å². The van der Waals surface area contributed by atoms with Gasteiger partial charge in [-0.05, 0) is 37.0 Å². The van der Waals surface area contributed by atoms with E-state index in [-0.39, 0.29) is 28.1 Å². The molecule has 3 aliphatic rings. The molecule has 1 amide bonds. The number of carbonyl (C=O) groups is 2. The van der Waals surface area contributed by atoms with Crippen molar-refractivity contribution in [3.63, 3.8) is 0 Å². The van der Waals surface area contributed by atoms with Gasteiger partial charge in [-0.2, -0.15) is 0 Å². The Morgan fingerprint density at radius 2 is 2.08 bits per heavy atom. The summed E-state index contributed by atoms with van der Waals surface area (Å²) in [6.07, 6.45) is 4.48. The predicted octanol–water partition coefficient (Wildman–Crippen LogP) is 2.42. The van der Waals surface area contributed by atoms with Gasteiger partial charge >= 0.3 is 0 Å². The van der Waals surface area contributed by atoms with Gasteiger partial charge in [-0.3, -0.25) is 14.5 Å². The van der Waals surface area contributed by atoms with Crippen LogP contribution in [0.15, 0.2) is 35.9 Å². The molecule has 1 saturated carbocycles. The summed E-state index contributed by atoms with van der Waals surface area (Å²) in [5.74, 6) is -0.500. The van der Waals surface area contributed by atoms with Crippen molar-refractivity contribution < 1.29 is 14.0 Å². The Bertz CT molecular complexity index is 717. The Morgan fingerprint density at radius 1 is 1.29 bits per heavy atom. The standard InChI is InChI=1S/C18H19FN2O2S/c19-14-4-2-1-3-13(14)17(18(23)20-12-5-6-12)21-8-7-15-11(10-21)9-16(22)24-15/h1-4,9,12,15,17H,5-8,10H2,(H,20,23). The maximum Gasteiger partial charge on any atom is 0.242 e. The van der Waals surface area contributed by atoms with Crippen molar-refractivity contribution in [2.75, 3.05) is 13.1 Å². The zero-order chi connectivity index (χ0) is 16.7. The van der Waals surface area contributed by atoms with E-state index in [0.29, 0.717) is 18.7 Å². The van der Waals surface area contributed by atoms with Crippen molar-refractivity contribution >= 4 is 22.8 Å². The van der Waals surface area contributed by atoms with Crippen LogP contribution in [0.1, 0.15) is 30.9 Å². The maximum atomic E-state index is 14.4. The molecule has 6 heteroatoms. The van der Waals surface area contributed by atoms with Gasteiger partial charge < -0.3 is 5.32 Å². The fraction of sp³-hybridized carbons (Fsp3) is 0.444. The first-order valence-corrected chi connectivity index (χ1v) is 9.20. The third kappa shape index (κ3) is 3.13. The van der Waals surface area contributed by atoms with E-state index in [4.69, 9.17) is 0 Å². The van der Waals surface area contributed by atoms with Gasteiger partial charge in [-0.15, -0.1) is 0 Å². The number of carbonyl (C=O) groups excluding carboxylic acids is 2. The summed E-state index contributed by atoms with van der Waals surface area (Å²) in [4.78, 5) is 26.4. The molecule has 0 spiro atoms. The smallest absolute Gasteiger partial charge is 0.242 e. The van der Waals surface area contributed by atoms with Gasteiger partial charge in [0.15, 0.2) is 0 Å². The number of hydrogen-bond acceptors (Lipinski definition) is 4. The van der Waals surface area contributed by atoms with Crippen LogP contribution in [-0.4, -0.2) is 40.3 Å². The second-order valence-electron chi connectivity index (χ2n) is 6.61. The first kappa shape index (κ1) is 15.8. The number of fused-ring (bicyclic) bond motifs is 1. The van der Waals surface area contributed by atoms with Gasteiger partial charge in [0.25, 0.3) is 0 Å². The largest absolute Gasteiger partial charge is 0.352 e. The molecule has 4 nitrogen and oxygen atoms in total. The topological polar surface area (TPSA) is 49.4 Å². The molecule has 24 heavy (non-hydrogen) atoms. The molecule has 0 bridgehead atoms. The average molecular weight is 346 g/mol. The first-order chi connectivity index (χ1) is 11.6. The molecule has 2 unspecified atom stereocenters. The van der Waals surface area contributed by atoms with E-state index in [1.54, 1.807) is 24.3 Å². The molecule has 2 aliphatic heterocycles. The van der Waals surface area contributed by atoms with Gasteiger partial charge in [0.2, 0.25) is 11.0 Å². The summed E-state index contributed by atoms with van der Waals surface area (Å²) >= 11 is 1.36. The maximum absolute atomic E-state index is 14.4. The van der Waals surface area contributed by atoms with Crippen LogP contribution >= 0.6 is 11.8 Å². The lowest BCUT2D eigenvalue weighted by Crippen LogP contribution is -2.46. The van der Waals surface area contributed by atoms with E-state index in [1.807, 2.05) is 4.90 Å². The Balaban J connectivity index is 1.62. The number of hydrogen-bond donors (Lipinski definition) is 1. The molecule has 2 atom stereocenters. The summed E-state index contributed by atoms with van der Waals surface area (Å²) in [5, 5.41) is 3.32. The number of thioether (sulfide) groups is 1. The third-order valence-electron chi connectivity index (χ3n) is 4.78. The molecular weight excluding hydrogens is 327 g/mol. The molecule has 1 aromatic carbocycles. The van der Waals surface area contributed by atoms with E-state index in [0.717, 1.165) is 24.8 Å². The van der Waals surface area contributed by atoms with E-state index in [9.17, 15) is 14.0 Å². The molecule has 0 radical (unpaired) electrons. The minimum absolute atomic E-state index is 0.0849. The molecule has 126 valence electrons. The summed E-state index contributed by atoms with van der Waals surface area (Å²) in [5.41, 5.74) is 1.46. The van der Waals surface area contributed by atoms with Crippen molar-refractivity contribution in [3.8, 4) is 0 Å². The Morgan fingerprint density at radius 3 is 2.83 bits per heavy atom. The van der Waals surface area contributed by atoms with Crippen molar-refractivity contribution in [1.29, 1.82) is 0 Å². The monoisotopic (exact) mass is 346 g/mol. The first-order valence-electron chi connectivity index (χ1n) is 8.32. The van der Waals surface area contributed by atoms with Gasteiger partial charge in [-0.1, -0.05) is 30.0 Å². The summed E-state index contributed by atoms with van der Waals surface area (Å²) < 4.78 is 14.4. The highest BCUT2D eigenvalue weighted by atomic mass is 32.2.